The molecule has 0 unspecified atom stereocenters. The topological polar surface area (TPSA) is 75.6 Å². The van der Waals surface area contributed by atoms with Crippen molar-refractivity contribution in [3.8, 4) is 17.2 Å². The van der Waals surface area contributed by atoms with E-state index < -0.39 is 0 Å². The van der Waals surface area contributed by atoms with E-state index in [9.17, 15) is 5.26 Å². The van der Waals surface area contributed by atoms with Crippen LogP contribution >= 0.6 is 0 Å². The zero-order chi connectivity index (χ0) is 14.1. The van der Waals surface area contributed by atoms with E-state index in [4.69, 9.17) is 5.73 Å². The first-order valence-electron chi connectivity index (χ1n) is 6.21. The number of anilines is 1. The lowest BCUT2D eigenvalue weighted by molar-refractivity contribution is 1.27. The lowest BCUT2D eigenvalue weighted by Gasteiger charge is -2.09. The molecule has 2 heterocycles. The number of hydrogen-bond acceptors (Lipinski definition) is 4. The van der Waals surface area contributed by atoms with Gasteiger partial charge >= 0.3 is 0 Å². The molecule has 3 aromatic rings. The first kappa shape index (κ1) is 12.1. The highest BCUT2D eigenvalue weighted by Crippen LogP contribution is 2.28. The summed E-state index contributed by atoms with van der Waals surface area (Å²) in [5.41, 5.74) is 9.54. The van der Waals surface area contributed by atoms with Crippen molar-refractivity contribution < 1.29 is 0 Å². The first-order chi connectivity index (χ1) is 9.69. The summed E-state index contributed by atoms with van der Waals surface area (Å²) in [6.07, 6.45) is 1.69. The quantitative estimate of drug-likeness (QED) is 0.729. The SMILES string of the molecule is Cc1cc(N)ncc1-c1cc2ccccc2nc1C#N. The number of nitriles is 1. The molecule has 96 valence electrons. The van der Waals surface area contributed by atoms with Gasteiger partial charge in [0.2, 0.25) is 0 Å². The van der Waals surface area contributed by atoms with Crippen molar-refractivity contribution in [2.24, 2.45) is 0 Å². The first-order valence-corrected chi connectivity index (χ1v) is 6.21. The molecule has 0 spiro atoms. The molecule has 0 fully saturated rings. The Labute approximate surface area is 116 Å². The Kier molecular flexibility index (Phi) is 2.81. The number of pyridine rings is 2. The fourth-order valence-corrected chi connectivity index (χ4v) is 2.27. The minimum absolute atomic E-state index is 0.401. The molecule has 2 aromatic heterocycles. The van der Waals surface area contributed by atoms with E-state index in [-0.39, 0.29) is 0 Å². The highest BCUT2D eigenvalue weighted by atomic mass is 14.8. The van der Waals surface area contributed by atoms with Crippen LogP contribution < -0.4 is 5.73 Å². The lowest BCUT2D eigenvalue weighted by Crippen LogP contribution is -1.96. The van der Waals surface area contributed by atoms with Crippen LogP contribution in [-0.2, 0) is 0 Å². The van der Waals surface area contributed by atoms with Gasteiger partial charge in [0.05, 0.1) is 5.52 Å². The molecule has 0 radical (unpaired) electrons. The second kappa shape index (κ2) is 4.63. The maximum absolute atomic E-state index is 9.33. The number of fused-ring (bicyclic) bond motifs is 1. The summed E-state index contributed by atoms with van der Waals surface area (Å²) in [6, 6.07) is 13.7. The Balaban J connectivity index is 2.32. The third-order valence-corrected chi connectivity index (χ3v) is 3.25. The van der Waals surface area contributed by atoms with Gasteiger partial charge < -0.3 is 5.73 Å². The molecule has 0 bridgehead atoms. The van der Waals surface area contributed by atoms with Crippen LogP contribution in [-0.4, -0.2) is 9.97 Å². The van der Waals surface area contributed by atoms with Crippen LogP contribution in [0.5, 0.6) is 0 Å². The summed E-state index contributed by atoms with van der Waals surface area (Å²) in [4.78, 5) is 8.53. The molecular formula is C16H12N4. The Morgan fingerprint density at radius 2 is 1.95 bits per heavy atom. The number of para-hydroxylation sites is 1. The summed E-state index contributed by atoms with van der Waals surface area (Å²) in [5, 5.41) is 10.3. The number of benzene rings is 1. The number of hydrogen-bond donors (Lipinski definition) is 1. The number of aryl methyl sites for hydroxylation is 1. The van der Waals surface area contributed by atoms with Gasteiger partial charge in [-0.05, 0) is 30.7 Å². The Morgan fingerprint density at radius 1 is 1.15 bits per heavy atom. The second-order valence-corrected chi connectivity index (χ2v) is 4.61. The predicted molar refractivity (Wildman–Crippen MR) is 78.8 cm³/mol. The molecule has 1 aromatic carbocycles. The zero-order valence-corrected chi connectivity index (χ0v) is 11.0. The predicted octanol–water partition coefficient (Wildman–Crippen LogP) is 3.06. The van der Waals surface area contributed by atoms with E-state index in [2.05, 4.69) is 16.0 Å². The minimum atomic E-state index is 0.401. The molecule has 2 N–H and O–H groups in total. The van der Waals surface area contributed by atoms with Crippen LogP contribution in [0.25, 0.3) is 22.0 Å². The zero-order valence-electron chi connectivity index (χ0n) is 11.0. The van der Waals surface area contributed by atoms with Crippen molar-refractivity contribution in [3.05, 3.63) is 53.9 Å². The molecule has 0 aliphatic heterocycles. The molecule has 0 saturated carbocycles. The molecule has 0 amide bonds. The van der Waals surface area contributed by atoms with E-state index in [0.717, 1.165) is 27.6 Å². The monoisotopic (exact) mass is 260 g/mol. The summed E-state index contributed by atoms with van der Waals surface area (Å²) >= 11 is 0. The third-order valence-electron chi connectivity index (χ3n) is 3.25. The molecule has 3 rings (SSSR count). The van der Waals surface area contributed by atoms with E-state index in [0.29, 0.717) is 11.5 Å². The van der Waals surface area contributed by atoms with Gasteiger partial charge in [-0.3, -0.25) is 0 Å². The van der Waals surface area contributed by atoms with Crippen molar-refractivity contribution >= 4 is 16.7 Å². The molecule has 0 aliphatic rings. The van der Waals surface area contributed by atoms with Gasteiger partial charge in [-0.2, -0.15) is 5.26 Å². The third kappa shape index (κ3) is 1.95. The van der Waals surface area contributed by atoms with Crippen LogP contribution in [0.15, 0.2) is 42.6 Å². The smallest absolute Gasteiger partial charge is 0.149 e. The molecule has 0 aliphatic carbocycles. The molecule has 20 heavy (non-hydrogen) atoms. The van der Waals surface area contributed by atoms with Crippen molar-refractivity contribution in [3.63, 3.8) is 0 Å². The molecular weight excluding hydrogens is 248 g/mol. The van der Waals surface area contributed by atoms with Gasteiger partial charge in [0, 0.05) is 22.7 Å². The van der Waals surface area contributed by atoms with Crippen molar-refractivity contribution in [2.45, 2.75) is 6.92 Å². The van der Waals surface area contributed by atoms with Gasteiger partial charge in [-0.15, -0.1) is 0 Å². The highest BCUT2D eigenvalue weighted by molar-refractivity contribution is 5.86. The van der Waals surface area contributed by atoms with Crippen molar-refractivity contribution in [1.29, 1.82) is 5.26 Å². The lowest BCUT2D eigenvalue weighted by atomic mass is 9.99. The van der Waals surface area contributed by atoms with Crippen molar-refractivity contribution in [1.82, 2.24) is 9.97 Å². The van der Waals surface area contributed by atoms with Crippen LogP contribution in [0.1, 0.15) is 11.3 Å². The minimum Gasteiger partial charge on any atom is -0.384 e. The Hall–Kier alpha value is -2.93. The number of nitrogens with zero attached hydrogens (tertiary/aromatic N) is 3. The van der Waals surface area contributed by atoms with Gasteiger partial charge in [0.25, 0.3) is 0 Å². The normalized spacial score (nSPS) is 10.4. The summed E-state index contributed by atoms with van der Waals surface area (Å²) in [7, 11) is 0. The summed E-state index contributed by atoms with van der Waals surface area (Å²) < 4.78 is 0. The van der Waals surface area contributed by atoms with E-state index in [1.165, 1.54) is 0 Å². The fraction of sp³-hybridized carbons (Fsp3) is 0.0625. The largest absolute Gasteiger partial charge is 0.384 e. The van der Waals surface area contributed by atoms with Crippen LogP contribution in [0, 0.1) is 18.3 Å². The van der Waals surface area contributed by atoms with Gasteiger partial charge in [0.1, 0.15) is 17.6 Å². The van der Waals surface area contributed by atoms with E-state index >= 15 is 0 Å². The average molecular weight is 260 g/mol. The van der Waals surface area contributed by atoms with Gasteiger partial charge in [-0.1, -0.05) is 18.2 Å². The molecule has 0 atom stereocenters. The number of nitrogens with two attached hydrogens (primary N) is 1. The summed E-state index contributed by atoms with van der Waals surface area (Å²) in [6.45, 7) is 1.95. The fourth-order valence-electron chi connectivity index (χ4n) is 2.27. The maximum atomic E-state index is 9.33. The highest BCUT2D eigenvalue weighted by Gasteiger charge is 2.11. The van der Waals surface area contributed by atoms with Crippen LogP contribution in [0.3, 0.4) is 0 Å². The van der Waals surface area contributed by atoms with Crippen LogP contribution in [0.2, 0.25) is 0 Å². The number of nitrogen functional groups attached to an aromatic ring is 1. The molecule has 0 saturated heterocycles. The van der Waals surface area contributed by atoms with E-state index in [1.807, 2.05) is 37.3 Å². The average Bonchev–Trinajstić information content (AvgIpc) is 2.46. The summed E-state index contributed by atoms with van der Waals surface area (Å²) in [5.74, 6) is 0.471. The Bertz CT molecular complexity index is 847. The molecule has 4 heteroatoms. The van der Waals surface area contributed by atoms with Gasteiger partial charge in [-0.25, -0.2) is 9.97 Å². The van der Waals surface area contributed by atoms with Crippen LogP contribution in [0.4, 0.5) is 5.82 Å². The Morgan fingerprint density at radius 3 is 2.70 bits per heavy atom. The van der Waals surface area contributed by atoms with Crippen molar-refractivity contribution in [2.75, 3.05) is 5.73 Å². The number of aromatic nitrogens is 2. The molecule has 4 nitrogen and oxygen atoms in total. The standard InChI is InChI=1S/C16H12N4/c1-10-6-16(18)19-9-13(10)12-7-11-4-2-3-5-14(11)20-15(12)8-17/h2-7,9H,1H3,(H2,18,19). The second-order valence-electron chi connectivity index (χ2n) is 4.61. The number of rotatable bonds is 1. The van der Waals surface area contributed by atoms with Gasteiger partial charge in [0.15, 0.2) is 0 Å². The maximum Gasteiger partial charge on any atom is 0.149 e. The van der Waals surface area contributed by atoms with E-state index in [1.54, 1.807) is 12.3 Å².